The van der Waals surface area contributed by atoms with Crippen molar-refractivity contribution in [2.24, 2.45) is 0 Å². The highest BCUT2D eigenvalue weighted by Gasteiger charge is 2.38. The summed E-state index contributed by atoms with van der Waals surface area (Å²) in [4.78, 5) is 12.4. The van der Waals surface area contributed by atoms with Crippen LogP contribution in [0.3, 0.4) is 0 Å². The third-order valence-electron chi connectivity index (χ3n) is 7.14. The van der Waals surface area contributed by atoms with Gasteiger partial charge in [-0.25, -0.2) is 4.79 Å². The average molecular weight is 447 g/mol. The molecule has 2 aromatic rings. The molecule has 0 fully saturated rings. The van der Waals surface area contributed by atoms with Gasteiger partial charge in [-0.1, -0.05) is 70.7 Å². The second kappa shape index (κ2) is 7.51. The lowest BCUT2D eigenvalue weighted by atomic mass is 9.62. The number of carbonyl (C=O) groups excluding carboxylic acids is 1. The topological polar surface area (TPSA) is 55.8 Å². The van der Waals surface area contributed by atoms with Gasteiger partial charge in [0.25, 0.3) is 11.7 Å². The predicted octanol–water partition coefficient (Wildman–Crippen LogP) is 6.94. The summed E-state index contributed by atoms with van der Waals surface area (Å²) in [6, 6.07) is 12.1. The highest BCUT2D eigenvalue weighted by atomic mass is 16.8. The maximum Gasteiger partial charge on any atom is 0.349 e. The molecule has 0 unspecified atom stereocenters. The molecule has 1 aliphatic carbocycles. The SMILES string of the molecule is C=C(c1ccc(C2=C(O)OC(C)(C)OC2=O)cc1)c1cc2c(cc1C)C(C)(C)CCC2(C)C. The van der Waals surface area contributed by atoms with E-state index in [1.807, 2.05) is 12.1 Å². The zero-order chi connectivity index (χ0) is 24.3. The monoisotopic (exact) mass is 446 g/mol. The zero-order valence-electron chi connectivity index (χ0n) is 20.8. The molecule has 174 valence electrons. The van der Waals surface area contributed by atoms with Crippen LogP contribution in [0.5, 0.6) is 0 Å². The molecule has 1 aliphatic heterocycles. The van der Waals surface area contributed by atoms with E-state index in [0.717, 1.165) is 23.1 Å². The molecule has 0 amide bonds. The molecule has 0 radical (unpaired) electrons. The van der Waals surface area contributed by atoms with Gasteiger partial charge in [0.15, 0.2) is 0 Å². The maximum atomic E-state index is 12.4. The highest BCUT2D eigenvalue weighted by molar-refractivity contribution is 6.17. The van der Waals surface area contributed by atoms with Gasteiger partial charge in [-0.05, 0) is 69.5 Å². The van der Waals surface area contributed by atoms with Gasteiger partial charge >= 0.3 is 5.97 Å². The summed E-state index contributed by atoms with van der Waals surface area (Å²) in [5, 5.41) is 10.3. The van der Waals surface area contributed by atoms with E-state index in [2.05, 4.69) is 53.3 Å². The quantitative estimate of drug-likeness (QED) is 0.519. The van der Waals surface area contributed by atoms with Crippen LogP contribution < -0.4 is 0 Å². The van der Waals surface area contributed by atoms with Crippen LogP contribution in [0, 0.1) is 6.92 Å². The maximum absolute atomic E-state index is 12.4. The Morgan fingerprint density at radius 3 is 2.00 bits per heavy atom. The number of hydrogen-bond acceptors (Lipinski definition) is 4. The van der Waals surface area contributed by atoms with Crippen molar-refractivity contribution in [2.75, 3.05) is 0 Å². The van der Waals surface area contributed by atoms with Gasteiger partial charge in [0.2, 0.25) is 0 Å². The summed E-state index contributed by atoms with van der Waals surface area (Å²) >= 11 is 0. The highest BCUT2D eigenvalue weighted by Crippen LogP contribution is 2.47. The number of hydrogen-bond donors (Lipinski definition) is 1. The number of aryl methyl sites for hydroxylation is 1. The minimum absolute atomic E-state index is 0.0282. The first kappa shape index (κ1) is 23.2. The van der Waals surface area contributed by atoms with Gasteiger partial charge in [0.1, 0.15) is 5.57 Å². The standard InChI is InChI=1S/C29H34O4/c1-17-15-22-23(28(5,6)14-13-27(22,3)4)16-21(17)18(2)19-9-11-20(12-10-19)24-25(30)32-29(7,8)33-26(24)31/h9-12,15-16,30H,2,13-14H2,1,3-8H3. The Morgan fingerprint density at radius 2 is 1.45 bits per heavy atom. The molecule has 0 aromatic heterocycles. The first-order valence-corrected chi connectivity index (χ1v) is 11.5. The van der Waals surface area contributed by atoms with Crippen molar-refractivity contribution in [3.05, 3.63) is 82.3 Å². The molecule has 1 N–H and O–H groups in total. The Hall–Kier alpha value is -3.01. The molecule has 2 aliphatic rings. The molecule has 33 heavy (non-hydrogen) atoms. The average Bonchev–Trinajstić information content (AvgIpc) is 2.70. The van der Waals surface area contributed by atoms with Crippen molar-refractivity contribution >= 4 is 17.1 Å². The summed E-state index contributed by atoms with van der Waals surface area (Å²) < 4.78 is 10.6. The van der Waals surface area contributed by atoms with E-state index in [9.17, 15) is 9.90 Å². The number of ether oxygens (including phenoxy) is 2. The molecule has 4 rings (SSSR count). The molecule has 0 atom stereocenters. The van der Waals surface area contributed by atoms with Gasteiger partial charge in [0.05, 0.1) is 0 Å². The Balaban J connectivity index is 1.70. The Kier molecular flexibility index (Phi) is 5.27. The normalized spacial score (nSPS) is 20.5. The second-order valence-electron chi connectivity index (χ2n) is 11.1. The summed E-state index contributed by atoms with van der Waals surface area (Å²) in [5.74, 6) is -2.21. The number of fused-ring (bicyclic) bond motifs is 1. The number of carbonyl (C=O) groups is 1. The molecular weight excluding hydrogens is 412 g/mol. The van der Waals surface area contributed by atoms with Crippen LogP contribution >= 0.6 is 0 Å². The number of aliphatic hydroxyl groups is 1. The van der Waals surface area contributed by atoms with Crippen molar-refractivity contribution in [1.29, 1.82) is 0 Å². The van der Waals surface area contributed by atoms with E-state index in [1.54, 1.807) is 26.0 Å². The third kappa shape index (κ3) is 4.07. The molecule has 2 aromatic carbocycles. The van der Waals surface area contributed by atoms with E-state index in [4.69, 9.17) is 9.47 Å². The van der Waals surface area contributed by atoms with E-state index in [0.29, 0.717) is 5.56 Å². The molecule has 0 bridgehead atoms. The van der Waals surface area contributed by atoms with Crippen LogP contribution in [0.4, 0.5) is 0 Å². The summed E-state index contributed by atoms with van der Waals surface area (Å²) in [6.07, 6.45) is 2.34. The Morgan fingerprint density at radius 1 is 0.909 bits per heavy atom. The largest absolute Gasteiger partial charge is 0.480 e. The molecule has 0 spiro atoms. The molecule has 0 saturated heterocycles. The fourth-order valence-electron chi connectivity index (χ4n) is 4.95. The number of aliphatic hydroxyl groups excluding tert-OH is 1. The van der Waals surface area contributed by atoms with E-state index >= 15 is 0 Å². The molecule has 4 heteroatoms. The summed E-state index contributed by atoms with van der Waals surface area (Å²) in [6.45, 7) is 19.0. The van der Waals surface area contributed by atoms with E-state index in [1.165, 1.54) is 23.1 Å². The first-order valence-electron chi connectivity index (χ1n) is 11.5. The van der Waals surface area contributed by atoms with Crippen molar-refractivity contribution < 1.29 is 19.4 Å². The zero-order valence-corrected chi connectivity index (χ0v) is 20.8. The van der Waals surface area contributed by atoms with Crippen LogP contribution in [0.15, 0.2) is 48.9 Å². The van der Waals surface area contributed by atoms with Gasteiger partial charge in [0, 0.05) is 13.8 Å². The summed E-state index contributed by atoms with van der Waals surface area (Å²) in [7, 11) is 0. The van der Waals surface area contributed by atoms with Gasteiger partial charge in [-0.15, -0.1) is 0 Å². The van der Waals surface area contributed by atoms with Crippen LogP contribution in [-0.4, -0.2) is 16.9 Å². The van der Waals surface area contributed by atoms with Crippen molar-refractivity contribution in [3.63, 3.8) is 0 Å². The predicted molar refractivity (Wildman–Crippen MR) is 132 cm³/mol. The van der Waals surface area contributed by atoms with Crippen LogP contribution in [0.1, 0.15) is 87.8 Å². The van der Waals surface area contributed by atoms with Gasteiger partial charge < -0.3 is 14.6 Å². The number of rotatable bonds is 3. The number of benzene rings is 2. The number of cyclic esters (lactones) is 1. The van der Waals surface area contributed by atoms with E-state index in [-0.39, 0.29) is 16.4 Å². The minimum Gasteiger partial charge on any atom is -0.480 e. The lowest BCUT2D eigenvalue weighted by Crippen LogP contribution is -2.36. The molecular formula is C29H34O4. The Labute approximate surface area is 196 Å². The smallest absolute Gasteiger partial charge is 0.349 e. The summed E-state index contributed by atoms with van der Waals surface area (Å²) in [5.41, 5.74) is 7.92. The fourth-order valence-corrected chi connectivity index (χ4v) is 4.95. The molecule has 1 heterocycles. The van der Waals surface area contributed by atoms with Crippen LogP contribution in [0.2, 0.25) is 0 Å². The molecule has 4 nitrogen and oxygen atoms in total. The third-order valence-corrected chi connectivity index (χ3v) is 7.14. The second-order valence-corrected chi connectivity index (χ2v) is 11.1. The first-order chi connectivity index (χ1) is 15.2. The van der Waals surface area contributed by atoms with Crippen LogP contribution in [0.25, 0.3) is 11.1 Å². The fraction of sp³-hybridized carbons (Fsp3) is 0.414. The van der Waals surface area contributed by atoms with E-state index < -0.39 is 17.7 Å². The number of esters is 1. The Bertz CT molecular complexity index is 1180. The van der Waals surface area contributed by atoms with Gasteiger partial charge in [-0.3, -0.25) is 0 Å². The lowest BCUT2D eigenvalue weighted by Gasteiger charge is -2.42. The van der Waals surface area contributed by atoms with Crippen molar-refractivity contribution in [1.82, 2.24) is 0 Å². The van der Waals surface area contributed by atoms with Gasteiger partial charge in [-0.2, -0.15) is 0 Å². The minimum atomic E-state index is -1.19. The lowest BCUT2D eigenvalue weighted by molar-refractivity contribution is -0.216. The van der Waals surface area contributed by atoms with Crippen molar-refractivity contribution in [2.45, 2.75) is 77.9 Å². The molecule has 0 saturated carbocycles. The van der Waals surface area contributed by atoms with Crippen LogP contribution in [-0.2, 0) is 25.1 Å². The van der Waals surface area contributed by atoms with Crippen molar-refractivity contribution in [3.8, 4) is 0 Å².